The van der Waals surface area contributed by atoms with Crippen LogP contribution >= 0.6 is 15.9 Å². The van der Waals surface area contributed by atoms with E-state index in [1.165, 1.54) is 16.8 Å². The molecule has 1 aromatic heterocycles. The standard InChI is InChI=1S/C9H8BrN5O2/c1-15-9(12-13-14-15)11-7-3-2-5(8(16)17)4-6(7)10/h2-4H,1H3,(H,16,17)(H,11,12,14). The number of benzene rings is 1. The van der Waals surface area contributed by atoms with Gasteiger partial charge in [0.25, 0.3) is 0 Å². The smallest absolute Gasteiger partial charge is 0.335 e. The Morgan fingerprint density at radius 3 is 2.82 bits per heavy atom. The van der Waals surface area contributed by atoms with Crippen LogP contribution in [0.2, 0.25) is 0 Å². The Hall–Kier alpha value is -1.96. The fourth-order valence-electron chi connectivity index (χ4n) is 1.21. The number of carboxylic acids is 1. The second kappa shape index (κ2) is 4.50. The van der Waals surface area contributed by atoms with E-state index in [2.05, 4.69) is 36.8 Å². The zero-order valence-corrected chi connectivity index (χ0v) is 10.3. The van der Waals surface area contributed by atoms with Crippen LogP contribution in [-0.4, -0.2) is 31.3 Å². The van der Waals surface area contributed by atoms with Crippen LogP contribution in [0.25, 0.3) is 0 Å². The highest BCUT2D eigenvalue weighted by Crippen LogP contribution is 2.25. The average Bonchev–Trinajstić information content (AvgIpc) is 2.67. The molecule has 1 aromatic carbocycles. The monoisotopic (exact) mass is 297 g/mol. The zero-order chi connectivity index (χ0) is 12.4. The fourth-order valence-corrected chi connectivity index (χ4v) is 1.68. The van der Waals surface area contributed by atoms with Gasteiger partial charge in [-0.25, -0.2) is 9.48 Å². The first-order valence-electron chi connectivity index (χ1n) is 4.60. The Kier molecular flexibility index (Phi) is 3.05. The number of rotatable bonds is 3. The van der Waals surface area contributed by atoms with E-state index in [-0.39, 0.29) is 5.56 Å². The molecule has 0 amide bonds. The summed E-state index contributed by atoms with van der Waals surface area (Å²) in [6.45, 7) is 0. The number of anilines is 2. The van der Waals surface area contributed by atoms with Gasteiger partial charge in [-0.1, -0.05) is 5.10 Å². The molecule has 1 heterocycles. The van der Waals surface area contributed by atoms with Gasteiger partial charge in [-0.3, -0.25) is 0 Å². The molecule has 7 nitrogen and oxygen atoms in total. The minimum absolute atomic E-state index is 0.207. The summed E-state index contributed by atoms with van der Waals surface area (Å²) in [4.78, 5) is 10.8. The molecule has 2 N–H and O–H groups in total. The van der Waals surface area contributed by atoms with E-state index in [4.69, 9.17) is 5.11 Å². The third-order valence-electron chi connectivity index (χ3n) is 2.08. The molecule has 0 aliphatic rings. The number of carbonyl (C=O) groups is 1. The summed E-state index contributed by atoms with van der Waals surface area (Å²) >= 11 is 3.28. The normalized spacial score (nSPS) is 10.2. The maximum atomic E-state index is 10.8. The van der Waals surface area contributed by atoms with Gasteiger partial charge in [0.1, 0.15) is 0 Å². The van der Waals surface area contributed by atoms with E-state index in [9.17, 15) is 4.79 Å². The van der Waals surface area contributed by atoms with Crippen molar-refractivity contribution in [3.63, 3.8) is 0 Å². The second-order valence-corrected chi connectivity index (χ2v) is 4.11. The van der Waals surface area contributed by atoms with Gasteiger partial charge in [0.15, 0.2) is 0 Å². The summed E-state index contributed by atoms with van der Waals surface area (Å²) in [5, 5.41) is 22.7. The van der Waals surface area contributed by atoms with Crippen LogP contribution in [0.4, 0.5) is 11.6 Å². The van der Waals surface area contributed by atoms with Crippen molar-refractivity contribution in [1.82, 2.24) is 20.2 Å². The van der Waals surface area contributed by atoms with Crippen LogP contribution in [0.15, 0.2) is 22.7 Å². The minimum atomic E-state index is -0.974. The van der Waals surface area contributed by atoms with Crippen molar-refractivity contribution in [2.45, 2.75) is 0 Å². The van der Waals surface area contributed by atoms with Crippen molar-refractivity contribution in [3.8, 4) is 0 Å². The van der Waals surface area contributed by atoms with Gasteiger partial charge in [-0.15, -0.1) is 0 Å². The Morgan fingerprint density at radius 2 is 2.29 bits per heavy atom. The van der Waals surface area contributed by atoms with Crippen molar-refractivity contribution >= 4 is 33.5 Å². The molecule has 0 spiro atoms. The van der Waals surface area contributed by atoms with Crippen LogP contribution in [-0.2, 0) is 7.05 Å². The molecule has 0 radical (unpaired) electrons. The molecule has 0 aliphatic carbocycles. The van der Waals surface area contributed by atoms with Crippen LogP contribution in [0.1, 0.15) is 10.4 Å². The van der Waals surface area contributed by atoms with Crippen LogP contribution in [0.3, 0.4) is 0 Å². The van der Waals surface area contributed by atoms with Crippen molar-refractivity contribution in [1.29, 1.82) is 0 Å². The molecule has 0 unspecified atom stereocenters. The second-order valence-electron chi connectivity index (χ2n) is 3.25. The number of aromatic nitrogens is 4. The summed E-state index contributed by atoms with van der Waals surface area (Å²) in [6, 6.07) is 4.65. The Balaban J connectivity index is 2.29. The third kappa shape index (κ3) is 2.41. The van der Waals surface area contributed by atoms with E-state index >= 15 is 0 Å². The van der Waals surface area contributed by atoms with Crippen molar-refractivity contribution in [2.75, 3.05) is 5.32 Å². The topological polar surface area (TPSA) is 92.9 Å². The van der Waals surface area contributed by atoms with Crippen molar-refractivity contribution < 1.29 is 9.90 Å². The first-order valence-corrected chi connectivity index (χ1v) is 5.39. The highest BCUT2D eigenvalue weighted by molar-refractivity contribution is 9.10. The van der Waals surface area contributed by atoms with E-state index in [1.807, 2.05) is 0 Å². The largest absolute Gasteiger partial charge is 0.478 e. The predicted octanol–water partition coefficient (Wildman–Crippen LogP) is 1.41. The Morgan fingerprint density at radius 1 is 1.53 bits per heavy atom. The van der Waals surface area contributed by atoms with Crippen LogP contribution < -0.4 is 5.32 Å². The number of halogens is 1. The molecule has 0 aliphatic heterocycles. The molecule has 17 heavy (non-hydrogen) atoms. The SMILES string of the molecule is Cn1nnnc1Nc1ccc(C(=O)O)cc1Br. The highest BCUT2D eigenvalue weighted by Gasteiger charge is 2.09. The average molecular weight is 298 g/mol. The molecule has 0 atom stereocenters. The van der Waals surface area contributed by atoms with Gasteiger partial charge in [0, 0.05) is 11.5 Å². The maximum absolute atomic E-state index is 10.8. The lowest BCUT2D eigenvalue weighted by atomic mass is 10.2. The van der Waals surface area contributed by atoms with Gasteiger partial charge < -0.3 is 10.4 Å². The molecule has 2 rings (SSSR count). The number of nitrogens with zero attached hydrogens (tertiary/aromatic N) is 4. The number of carboxylic acid groups (broad SMARTS) is 1. The number of nitrogens with one attached hydrogen (secondary N) is 1. The van der Waals surface area contributed by atoms with Gasteiger partial charge in [-0.05, 0) is 44.6 Å². The lowest BCUT2D eigenvalue weighted by Gasteiger charge is -2.07. The Bertz CT molecular complexity index is 568. The molecule has 88 valence electrons. The van der Waals surface area contributed by atoms with E-state index in [0.717, 1.165) is 0 Å². The highest BCUT2D eigenvalue weighted by atomic mass is 79.9. The maximum Gasteiger partial charge on any atom is 0.335 e. The van der Waals surface area contributed by atoms with Gasteiger partial charge in [0.2, 0.25) is 5.95 Å². The van der Waals surface area contributed by atoms with Crippen LogP contribution in [0, 0.1) is 0 Å². The summed E-state index contributed by atoms with van der Waals surface area (Å²) in [7, 11) is 1.70. The predicted molar refractivity (Wildman–Crippen MR) is 63.2 cm³/mol. The summed E-state index contributed by atoms with van der Waals surface area (Å²) in [5.41, 5.74) is 0.895. The minimum Gasteiger partial charge on any atom is -0.478 e. The van der Waals surface area contributed by atoms with E-state index in [0.29, 0.717) is 16.1 Å². The van der Waals surface area contributed by atoms with Gasteiger partial charge >= 0.3 is 5.97 Å². The first-order chi connectivity index (χ1) is 8.08. The molecule has 8 heteroatoms. The van der Waals surface area contributed by atoms with E-state index < -0.39 is 5.97 Å². The lowest BCUT2D eigenvalue weighted by molar-refractivity contribution is 0.0697. The molecule has 2 aromatic rings. The molecule has 0 bridgehead atoms. The number of aromatic carboxylic acids is 1. The van der Waals surface area contributed by atoms with Crippen LogP contribution in [0.5, 0.6) is 0 Å². The Labute approximate surface area is 105 Å². The summed E-state index contributed by atoms with van der Waals surface area (Å²) < 4.78 is 2.10. The number of hydrogen-bond donors (Lipinski definition) is 2. The lowest BCUT2D eigenvalue weighted by Crippen LogP contribution is -2.02. The summed E-state index contributed by atoms with van der Waals surface area (Å²) in [6.07, 6.45) is 0. The van der Waals surface area contributed by atoms with E-state index in [1.54, 1.807) is 13.1 Å². The van der Waals surface area contributed by atoms with Crippen molar-refractivity contribution in [2.24, 2.45) is 7.05 Å². The number of aryl methyl sites for hydroxylation is 1. The molecule has 0 saturated heterocycles. The quantitative estimate of drug-likeness (QED) is 0.890. The third-order valence-corrected chi connectivity index (χ3v) is 2.74. The van der Waals surface area contributed by atoms with Gasteiger partial charge in [-0.2, -0.15) is 0 Å². The molecule has 0 fully saturated rings. The van der Waals surface area contributed by atoms with Crippen molar-refractivity contribution in [3.05, 3.63) is 28.2 Å². The fraction of sp³-hybridized carbons (Fsp3) is 0.111. The van der Waals surface area contributed by atoms with Gasteiger partial charge in [0.05, 0.1) is 11.3 Å². The summed E-state index contributed by atoms with van der Waals surface area (Å²) in [5.74, 6) is -0.508. The number of hydrogen-bond acceptors (Lipinski definition) is 5. The molecular formula is C9H8BrN5O2. The number of tetrazole rings is 1. The zero-order valence-electron chi connectivity index (χ0n) is 8.75. The molecular weight excluding hydrogens is 290 g/mol. The molecule has 0 saturated carbocycles. The first kappa shape index (κ1) is 11.5.